The third kappa shape index (κ3) is 3.75. The zero-order chi connectivity index (χ0) is 14.4. The predicted molar refractivity (Wildman–Crippen MR) is 72.5 cm³/mol. The second-order valence-corrected chi connectivity index (χ2v) is 4.38. The molecular weight excluding hydrogens is 246 g/mol. The van der Waals surface area contributed by atoms with E-state index in [0.717, 1.165) is 5.56 Å². The summed E-state index contributed by atoms with van der Waals surface area (Å²) in [6.07, 6.45) is 0.677. The van der Waals surface area contributed by atoms with Crippen molar-refractivity contribution in [2.75, 3.05) is 6.54 Å². The molecule has 0 heterocycles. The van der Waals surface area contributed by atoms with Crippen LogP contribution >= 0.6 is 0 Å². The van der Waals surface area contributed by atoms with E-state index < -0.39 is 4.92 Å². The molecule has 1 amide bonds. The summed E-state index contributed by atoms with van der Waals surface area (Å²) < 4.78 is 0. The van der Waals surface area contributed by atoms with Crippen LogP contribution in [0.5, 0.6) is 0 Å². The van der Waals surface area contributed by atoms with Crippen LogP contribution in [0.2, 0.25) is 0 Å². The van der Waals surface area contributed by atoms with Crippen LogP contribution in [-0.4, -0.2) is 17.4 Å². The topological polar surface area (TPSA) is 98.3 Å². The Hall–Kier alpha value is -1.95. The van der Waals surface area contributed by atoms with E-state index in [-0.39, 0.29) is 24.1 Å². The third-order valence-corrected chi connectivity index (χ3v) is 3.22. The highest BCUT2D eigenvalue weighted by Crippen LogP contribution is 2.20. The highest BCUT2D eigenvalue weighted by Gasteiger charge is 2.16. The maximum Gasteiger partial charge on any atom is 0.272 e. The fourth-order valence-electron chi connectivity index (χ4n) is 1.84. The van der Waals surface area contributed by atoms with Crippen LogP contribution in [0, 0.1) is 23.0 Å². The molecule has 0 radical (unpaired) electrons. The summed E-state index contributed by atoms with van der Waals surface area (Å²) in [6.45, 7) is 4.16. The van der Waals surface area contributed by atoms with E-state index >= 15 is 0 Å². The number of benzene rings is 1. The molecule has 0 aliphatic carbocycles. The van der Waals surface area contributed by atoms with E-state index in [1.54, 1.807) is 19.1 Å². The molecule has 1 unspecified atom stereocenters. The molecule has 0 aliphatic heterocycles. The van der Waals surface area contributed by atoms with Crippen LogP contribution in [-0.2, 0) is 11.3 Å². The first-order valence-electron chi connectivity index (χ1n) is 6.21. The molecule has 6 heteroatoms. The molecule has 1 atom stereocenters. The lowest BCUT2D eigenvalue weighted by Crippen LogP contribution is -2.34. The Balaban J connectivity index is 2.76. The van der Waals surface area contributed by atoms with Crippen molar-refractivity contribution in [1.29, 1.82) is 0 Å². The van der Waals surface area contributed by atoms with Gasteiger partial charge in [-0.3, -0.25) is 14.9 Å². The van der Waals surface area contributed by atoms with Gasteiger partial charge in [0.25, 0.3) is 5.69 Å². The highest BCUT2D eigenvalue weighted by molar-refractivity contribution is 5.78. The lowest BCUT2D eigenvalue weighted by molar-refractivity contribution is -0.385. The van der Waals surface area contributed by atoms with E-state index in [9.17, 15) is 14.9 Å². The first-order valence-corrected chi connectivity index (χ1v) is 6.21. The molecule has 0 aromatic heterocycles. The van der Waals surface area contributed by atoms with Crippen LogP contribution < -0.4 is 11.1 Å². The largest absolute Gasteiger partial charge is 0.352 e. The Labute approximate surface area is 112 Å². The highest BCUT2D eigenvalue weighted by atomic mass is 16.6. The van der Waals surface area contributed by atoms with Gasteiger partial charge in [-0.05, 0) is 18.9 Å². The molecular formula is C13H19N3O3. The van der Waals surface area contributed by atoms with Crippen LogP contribution in [0.25, 0.3) is 0 Å². The Morgan fingerprint density at radius 2 is 2.21 bits per heavy atom. The van der Waals surface area contributed by atoms with E-state index in [0.29, 0.717) is 18.5 Å². The molecule has 0 saturated heterocycles. The van der Waals surface area contributed by atoms with Crippen LogP contribution in [0.15, 0.2) is 18.2 Å². The van der Waals surface area contributed by atoms with Gasteiger partial charge >= 0.3 is 0 Å². The number of nitrogens with zero attached hydrogens (tertiary/aromatic N) is 1. The average molecular weight is 265 g/mol. The summed E-state index contributed by atoms with van der Waals surface area (Å²) in [5.74, 6) is -0.324. The lowest BCUT2D eigenvalue weighted by Gasteiger charge is -2.13. The SMILES string of the molecule is CCC(CN)C(=O)NCc1cccc([N+](=O)[O-])c1C. The Kier molecular flexibility index (Phi) is 5.44. The van der Waals surface area contributed by atoms with E-state index in [4.69, 9.17) is 5.73 Å². The fraction of sp³-hybridized carbons (Fsp3) is 0.462. The summed E-state index contributed by atoms with van der Waals surface area (Å²) in [7, 11) is 0. The molecule has 104 valence electrons. The zero-order valence-electron chi connectivity index (χ0n) is 11.2. The van der Waals surface area contributed by atoms with Crippen LogP contribution in [0.3, 0.4) is 0 Å². The van der Waals surface area contributed by atoms with Gasteiger partial charge in [0.05, 0.1) is 4.92 Å². The van der Waals surface area contributed by atoms with E-state index in [2.05, 4.69) is 5.32 Å². The number of hydrogen-bond donors (Lipinski definition) is 2. The summed E-state index contributed by atoms with van der Waals surface area (Å²) in [6, 6.07) is 4.84. The van der Waals surface area contributed by atoms with Crippen molar-refractivity contribution in [2.24, 2.45) is 11.7 Å². The minimum atomic E-state index is -0.421. The summed E-state index contributed by atoms with van der Waals surface area (Å²) in [4.78, 5) is 22.2. The molecule has 0 spiro atoms. The number of rotatable bonds is 6. The molecule has 1 aromatic rings. The summed E-state index contributed by atoms with van der Waals surface area (Å²) in [5, 5.41) is 13.6. The monoisotopic (exact) mass is 265 g/mol. The number of nitro groups is 1. The van der Waals surface area contributed by atoms with Crippen molar-refractivity contribution in [2.45, 2.75) is 26.8 Å². The first kappa shape index (κ1) is 15.1. The molecule has 0 aliphatic rings. The van der Waals surface area contributed by atoms with Gasteiger partial charge in [0.15, 0.2) is 0 Å². The number of nitro benzene ring substituents is 1. The molecule has 0 fully saturated rings. The number of amides is 1. The Morgan fingerprint density at radius 3 is 2.74 bits per heavy atom. The molecule has 0 bridgehead atoms. The van der Waals surface area contributed by atoms with E-state index in [1.165, 1.54) is 6.07 Å². The van der Waals surface area contributed by atoms with Gasteiger partial charge in [0.2, 0.25) is 5.91 Å². The van der Waals surface area contributed by atoms with Gasteiger partial charge in [-0.1, -0.05) is 19.1 Å². The molecule has 1 rings (SSSR count). The maximum absolute atomic E-state index is 11.8. The molecule has 1 aromatic carbocycles. The quantitative estimate of drug-likeness (QED) is 0.601. The number of nitrogens with two attached hydrogens (primary N) is 1. The van der Waals surface area contributed by atoms with Gasteiger partial charge < -0.3 is 11.1 Å². The van der Waals surface area contributed by atoms with Crippen molar-refractivity contribution in [3.63, 3.8) is 0 Å². The van der Waals surface area contributed by atoms with Gasteiger partial charge in [0.1, 0.15) is 0 Å². The van der Waals surface area contributed by atoms with E-state index in [1.807, 2.05) is 6.92 Å². The summed E-state index contributed by atoms with van der Waals surface area (Å²) >= 11 is 0. The van der Waals surface area contributed by atoms with Crippen molar-refractivity contribution in [3.05, 3.63) is 39.4 Å². The minimum Gasteiger partial charge on any atom is -0.352 e. The maximum atomic E-state index is 11.8. The Morgan fingerprint density at radius 1 is 1.53 bits per heavy atom. The van der Waals surface area contributed by atoms with Crippen molar-refractivity contribution < 1.29 is 9.72 Å². The first-order chi connectivity index (χ1) is 9.01. The van der Waals surface area contributed by atoms with Gasteiger partial charge in [-0.15, -0.1) is 0 Å². The van der Waals surface area contributed by atoms with Crippen molar-refractivity contribution >= 4 is 11.6 Å². The molecule has 6 nitrogen and oxygen atoms in total. The number of carbonyl (C=O) groups is 1. The van der Waals surface area contributed by atoms with Crippen LogP contribution in [0.1, 0.15) is 24.5 Å². The normalized spacial score (nSPS) is 11.9. The fourth-order valence-corrected chi connectivity index (χ4v) is 1.84. The van der Waals surface area contributed by atoms with Gasteiger partial charge in [-0.2, -0.15) is 0 Å². The molecule has 0 saturated carbocycles. The Bertz CT molecular complexity index is 470. The minimum absolute atomic E-state index is 0.0672. The number of hydrogen-bond acceptors (Lipinski definition) is 4. The van der Waals surface area contributed by atoms with Crippen LogP contribution in [0.4, 0.5) is 5.69 Å². The second-order valence-electron chi connectivity index (χ2n) is 4.38. The second kappa shape index (κ2) is 6.84. The average Bonchev–Trinajstić information content (AvgIpc) is 2.38. The zero-order valence-corrected chi connectivity index (χ0v) is 11.2. The number of carbonyl (C=O) groups excluding carboxylic acids is 1. The smallest absolute Gasteiger partial charge is 0.272 e. The predicted octanol–water partition coefficient (Wildman–Crippen LogP) is 1.50. The third-order valence-electron chi connectivity index (χ3n) is 3.22. The van der Waals surface area contributed by atoms with Crippen molar-refractivity contribution in [1.82, 2.24) is 5.32 Å². The number of nitrogens with one attached hydrogen (secondary N) is 1. The summed E-state index contributed by atoms with van der Waals surface area (Å²) in [5.41, 5.74) is 6.89. The lowest BCUT2D eigenvalue weighted by atomic mass is 10.0. The van der Waals surface area contributed by atoms with Gasteiger partial charge in [0, 0.05) is 30.6 Å². The molecule has 3 N–H and O–H groups in total. The van der Waals surface area contributed by atoms with Gasteiger partial charge in [-0.25, -0.2) is 0 Å². The molecule has 19 heavy (non-hydrogen) atoms. The standard InChI is InChI=1S/C13H19N3O3/c1-3-10(7-14)13(17)15-8-11-5-4-6-12(9(11)2)16(18)19/h4-6,10H,3,7-8,14H2,1-2H3,(H,15,17). The van der Waals surface area contributed by atoms with Crippen molar-refractivity contribution in [3.8, 4) is 0 Å².